The van der Waals surface area contributed by atoms with Gasteiger partial charge in [-0.15, -0.1) is 0 Å². The average Bonchev–Trinajstić information content (AvgIpc) is 3.25. The van der Waals surface area contributed by atoms with E-state index < -0.39 is 0 Å². The third-order valence-corrected chi connectivity index (χ3v) is 4.22. The van der Waals surface area contributed by atoms with Gasteiger partial charge in [-0.1, -0.05) is 12.1 Å². The van der Waals surface area contributed by atoms with Crippen LogP contribution in [-0.2, 0) is 0 Å². The Morgan fingerprint density at radius 1 is 1.25 bits per heavy atom. The third kappa shape index (κ3) is 2.13. The first-order valence-electron chi connectivity index (χ1n) is 6.99. The predicted octanol–water partition coefficient (Wildman–Crippen LogP) is 0.909. The first-order chi connectivity index (χ1) is 9.63. The van der Waals surface area contributed by atoms with Crippen LogP contribution >= 0.6 is 0 Å². The number of nitrogens with two attached hydrogens (primary N) is 1. The third-order valence-electron chi connectivity index (χ3n) is 4.22. The molecule has 20 heavy (non-hydrogen) atoms. The van der Waals surface area contributed by atoms with Crippen molar-refractivity contribution < 1.29 is 9.59 Å². The lowest BCUT2D eigenvalue weighted by molar-refractivity contribution is 0.0515. The number of imide groups is 1. The van der Waals surface area contributed by atoms with Crippen LogP contribution in [0, 0.1) is 5.92 Å². The highest BCUT2D eigenvalue weighted by Gasteiger charge is 2.38. The molecule has 0 bridgehead atoms. The molecule has 2 N–H and O–H groups in total. The van der Waals surface area contributed by atoms with Crippen molar-refractivity contribution in [3.05, 3.63) is 35.4 Å². The lowest BCUT2D eigenvalue weighted by Crippen LogP contribution is -2.47. The molecular formula is C15H19N3O2. The van der Waals surface area contributed by atoms with Gasteiger partial charge in [0.1, 0.15) is 0 Å². The monoisotopic (exact) mass is 273 g/mol. The van der Waals surface area contributed by atoms with Gasteiger partial charge in [0.25, 0.3) is 11.8 Å². The van der Waals surface area contributed by atoms with Gasteiger partial charge in [0.15, 0.2) is 0 Å². The van der Waals surface area contributed by atoms with Crippen LogP contribution in [0.5, 0.6) is 0 Å². The van der Waals surface area contributed by atoms with Crippen molar-refractivity contribution in [2.75, 3.05) is 20.3 Å². The Labute approximate surface area is 118 Å². The zero-order valence-corrected chi connectivity index (χ0v) is 11.6. The van der Waals surface area contributed by atoms with Crippen molar-refractivity contribution in [2.24, 2.45) is 11.7 Å². The van der Waals surface area contributed by atoms with Gasteiger partial charge in [-0.2, -0.15) is 0 Å². The van der Waals surface area contributed by atoms with Gasteiger partial charge >= 0.3 is 0 Å². The summed E-state index contributed by atoms with van der Waals surface area (Å²) in [6, 6.07) is 7.22. The Morgan fingerprint density at radius 2 is 1.80 bits per heavy atom. The van der Waals surface area contributed by atoms with Gasteiger partial charge < -0.3 is 5.73 Å². The zero-order valence-electron chi connectivity index (χ0n) is 11.6. The number of rotatable bonds is 5. The van der Waals surface area contributed by atoms with E-state index in [2.05, 4.69) is 0 Å². The van der Waals surface area contributed by atoms with Crippen molar-refractivity contribution in [2.45, 2.75) is 18.9 Å². The number of benzene rings is 1. The topological polar surface area (TPSA) is 66.6 Å². The standard InChI is InChI=1S/C15H19N3O2/c1-17(13(8-16)10-6-7-10)9-18-14(19)11-4-2-3-5-12(11)15(18)20/h2-5,10,13H,6-9,16H2,1H3. The molecule has 5 nitrogen and oxygen atoms in total. The van der Waals surface area contributed by atoms with Crippen LogP contribution in [0.15, 0.2) is 24.3 Å². The van der Waals surface area contributed by atoms with Crippen LogP contribution < -0.4 is 5.73 Å². The van der Waals surface area contributed by atoms with E-state index in [0.717, 1.165) is 0 Å². The predicted molar refractivity (Wildman–Crippen MR) is 75.1 cm³/mol. The van der Waals surface area contributed by atoms with E-state index in [-0.39, 0.29) is 17.9 Å². The summed E-state index contributed by atoms with van der Waals surface area (Å²) >= 11 is 0. The molecule has 1 saturated carbocycles. The molecule has 1 aromatic rings. The second-order valence-electron chi connectivity index (χ2n) is 5.62. The molecule has 2 aliphatic rings. The fourth-order valence-corrected chi connectivity index (χ4v) is 2.91. The number of carbonyl (C=O) groups is 2. The smallest absolute Gasteiger partial charge is 0.262 e. The molecule has 1 unspecified atom stereocenters. The average molecular weight is 273 g/mol. The van der Waals surface area contributed by atoms with Crippen LogP contribution in [0.1, 0.15) is 33.6 Å². The second-order valence-corrected chi connectivity index (χ2v) is 5.62. The molecule has 1 aliphatic heterocycles. The summed E-state index contributed by atoms with van der Waals surface area (Å²) < 4.78 is 0. The lowest BCUT2D eigenvalue weighted by atomic mass is 10.1. The fourth-order valence-electron chi connectivity index (χ4n) is 2.91. The Morgan fingerprint density at radius 3 is 2.25 bits per heavy atom. The van der Waals surface area contributed by atoms with Crippen LogP contribution in [0.25, 0.3) is 0 Å². The largest absolute Gasteiger partial charge is 0.329 e. The number of fused-ring (bicyclic) bond motifs is 1. The molecule has 2 amide bonds. The molecule has 3 rings (SSSR count). The summed E-state index contributed by atoms with van der Waals surface area (Å²) in [6.07, 6.45) is 2.38. The molecule has 1 aliphatic carbocycles. The highest BCUT2D eigenvalue weighted by atomic mass is 16.2. The van der Waals surface area contributed by atoms with E-state index in [1.54, 1.807) is 24.3 Å². The molecule has 0 aromatic heterocycles. The van der Waals surface area contributed by atoms with E-state index in [0.29, 0.717) is 30.3 Å². The Kier molecular flexibility index (Phi) is 3.31. The van der Waals surface area contributed by atoms with Gasteiger partial charge in [0.2, 0.25) is 0 Å². The van der Waals surface area contributed by atoms with Gasteiger partial charge in [-0.05, 0) is 37.9 Å². The van der Waals surface area contributed by atoms with Crippen molar-refractivity contribution in [1.29, 1.82) is 0 Å². The Balaban J connectivity index is 1.76. The van der Waals surface area contributed by atoms with Crippen LogP contribution in [0.3, 0.4) is 0 Å². The summed E-state index contributed by atoms with van der Waals surface area (Å²) in [6.45, 7) is 0.870. The maximum Gasteiger partial charge on any atom is 0.262 e. The quantitative estimate of drug-likeness (QED) is 0.810. The summed E-state index contributed by atoms with van der Waals surface area (Å²) in [4.78, 5) is 27.9. The van der Waals surface area contributed by atoms with Crippen molar-refractivity contribution in [3.8, 4) is 0 Å². The normalized spacial score (nSPS) is 19.6. The lowest BCUT2D eigenvalue weighted by Gasteiger charge is -2.30. The molecule has 106 valence electrons. The summed E-state index contributed by atoms with van der Waals surface area (Å²) in [5, 5.41) is 0. The van der Waals surface area contributed by atoms with E-state index in [9.17, 15) is 9.59 Å². The first-order valence-corrected chi connectivity index (χ1v) is 6.99. The first kappa shape index (κ1) is 13.3. The SMILES string of the molecule is CN(CN1C(=O)c2ccccc2C1=O)C(CN)C1CC1. The number of nitrogens with zero attached hydrogens (tertiary/aromatic N) is 2. The van der Waals surface area contributed by atoms with E-state index in [1.165, 1.54) is 17.7 Å². The number of hydrogen-bond acceptors (Lipinski definition) is 4. The summed E-state index contributed by atoms with van der Waals surface area (Å²) in [5.74, 6) is 0.202. The van der Waals surface area contributed by atoms with Crippen molar-refractivity contribution in [3.63, 3.8) is 0 Å². The Bertz CT molecular complexity index is 519. The molecule has 1 aromatic carbocycles. The molecule has 0 spiro atoms. The zero-order chi connectivity index (χ0) is 14.3. The highest BCUT2D eigenvalue weighted by Crippen LogP contribution is 2.35. The molecule has 0 saturated heterocycles. The van der Waals surface area contributed by atoms with Crippen LogP contribution in [0.2, 0.25) is 0 Å². The molecule has 1 fully saturated rings. The maximum absolute atomic E-state index is 12.3. The van der Waals surface area contributed by atoms with Gasteiger partial charge in [0, 0.05) is 12.6 Å². The van der Waals surface area contributed by atoms with Gasteiger partial charge in [0.05, 0.1) is 17.8 Å². The molecule has 5 heteroatoms. The minimum atomic E-state index is -0.205. The molecule has 1 atom stereocenters. The minimum absolute atomic E-state index is 0.205. The van der Waals surface area contributed by atoms with E-state index >= 15 is 0 Å². The number of likely N-dealkylation sites (N-methyl/N-ethyl adjacent to an activating group) is 1. The van der Waals surface area contributed by atoms with E-state index in [4.69, 9.17) is 5.73 Å². The Hall–Kier alpha value is -1.72. The summed E-state index contributed by atoms with van der Waals surface area (Å²) in [5.41, 5.74) is 6.82. The van der Waals surface area contributed by atoms with Crippen LogP contribution in [0.4, 0.5) is 0 Å². The maximum atomic E-state index is 12.3. The van der Waals surface area contributed by atoms with Crippen molar-refractivity contribution >= 4 is 11.8 Å². The number of amides is 2. The van der Waals surface area contributed by atoms with Crippen molar-refractivity contribution in [1.82, 2.24) is 9.80 Å². The van der Waals surface area contributed by atoms with Crippen LogP contribution in [-0.4, -0.2) is 47.9 Å². The fraction of sp³-hybridized carbons (Fsp3) is 0.467. The number of hydrogen-bond donors (Lipinski definition) is 1. The van der Waals surface area contributed by atoms with Gasteiger partial charge in [-0.3, -0.25) is 19.4 Å². The molecule has 0 radical (unpaired) electrons. The number of carbonyl (C=O) groups excluding carboxylic acids is 2. The highest BCUT2D eigenvalue weighted by molar-refractivity contribution is 6.21. The molecule has 1 heterocycles. The summed E-state index contributed by atoms with van der Waals surface area (Å²) in [7, 11) is 1.93. The minimum Gasteiger partial charge on any atom is -0.329 e. The van der Waals surface area contributed by atoms with E-state index in [1.807, 2.05) is 11.9 Å². The van der Waals surface area contributed by atoms with Gasteiger partial charge in [-0.25, -0.2) is 0 Å². The molecular weight excluding hydrogens is 254 g/mol. The second kappa shape index (κ2) is 5.00.